The molecule has 0 atom stereocenters. The Morgan fingerprint density at radius 3 is 2.41 bits per heavy atom. The number of rotatable bonds is 3. The van der Waals surface area contributed by atoms with Crippen molar-refractivity contribution in [1.29, 1.82) is 0 Å². The molecule has 0 unspecified atom stereocenters. The van der Waals surface area contributed by atoms with E-state index in [0.717, 1.165) is 23.2 Å². The van der Waals surface area contributed by atoms with Crippen LogP contribution in [0.2, 0.25) is 0 Å². The molecule has 1 heterocycles. The van der Waals surface area contributed by atoms with Crippen LogP contribution in [0.4, 0.5) is 0 Å². The summed E-state index contributed by atoms with van der Waals surface area (Å²) in [6.07, 6.45) is 0.417. The standard InChI is InChI=1S/C12H7Br3OS/c13-8-4-2-1-3-7(8)5-10(16)11-6-9(14)12(15)17-11/h1-4,6H,5H2. The molecule has 1 nitrogen and oxygen atoms in total. The first-order valence-corrected chi connectivity index (χ1v) is 7.99. The van der Waals surface area contributed by atoms with E-state index in [4.69, 9.17) is 0 Å². The highest BCUT2D eigenvalue weighted by Crippen LogP contribution is 2.33. The molecule has 1 aromatic carbocycles. The molecular weight excluding hydrogens is 432 g/mol. The Labute approximate surface area is 129 Å². The molecule has 17 heavy (non-hydrogen) atoms. The molecule has 0 bridgehead atoms. The van der Waals surface area contributed by atoms with Gasteiger partial charge in [-0.1, -0.05) is 34.1 Å². The molecule has 0 aliphatic carbocycles. The Morgan fingerprint density at radius 2 is 1.82 bits per heavy atom. The van der Waals surface area contributed by atoms with E-state index in [0.29, 0.717) is 6.42 Å². The lowest BCUT2D eigenvalue weighted by Gasteiger charge is -2.01. The summed E-state index contributed by atoms with van der Waals surface area (Å²) in [5, 5.41) is 0. The highest BCUT2D eigenvalue weighted by atomic mass is 79.9. The predicted octanol–water partition coefficient (Wildman–Crippen LogP) is 5.46. The van der Waals surface area contributed by atoms with Gasteiger partial charge in [0.1, 0.15) is 0 Å². The van der Waals surface area contributed by atoms with Crippen LogP contribution in [-0.4, -0.2) is 5.78 Å². The van der Waals surface area contributed by atoms with Gasteiger partial charge in [-0.05, 0) is 49.6 Å². The van der Waals surface area contributed by atoms with Gasteiger partial charge in [0.15, 0.2) is 5.78 Å². The predicted molar refractivity (Wildman–Crippen MR) is 81.9 cm³/mol. The summed E-state index contributed by atoms with van der Waals surface area (Å²) in [7, 11) is 0. The van der Waals surface area contributed by atoms with Gasteiger partial charge in [0.25, 0.3) is 0 Å². The van der Waals surface area contributed by atoms with Crippen LogP contribution in [0.15, 0.2) is 43.1 Å². The average molecular weight is 439 g/mol. The first-order chi connectivity index (χ1) is 8.08. The van der Waals surface area contributed by atoms with E-state index in [2.05, 4.69) is 47.8 Å². The fourth-order valence-electron chi connectivity index (χ4n) is 1.39. The molecule has 2 rings (SSSR count). The lowest BCUT2D eigenvalue weighted by molar-refractivity contribution is 0.0996. The summed E-state index contributed by atoms with van der Waals surface area (Å²) in [5.74, 6) is 0.133. The molecule has 0 saturated heterocycles. The Kier molecular flexibility index (Phi) is 4.58. The van der Waals surface area contributed by atoms with Crippen molar-refractivity contribution in [2.24, 2.45) is 0 Å². The van der Waals surface area contributed by atoms with Crippen molar-refractivity contribution in [2.45, 2.75) is 6.42 Å². The zero-order chi connectivity index (χ0) is 12.4. The van der Waals surface area contributed by atoms with E-state index in [1.807, 2.05) is 30.3 Å². The van der Waals surface area contributed by atoms with Crippen LogP contribution < -0.4 is 0 Å². The fraction of sp³-hybridized carbons (Fsp3) is 0.0833. The van der Waals surface area contributed by atoms with Crippen molar-refractivity contribution < 1.29 is 4.79 Å². The van der Waals surface area contributed by atoms with Crippen LogP contribution in [0.5, 0.6) is 0 Å². The summed E-state index contributed by atoms with van der Waals surface area (Å²) in [6.45, 7) is 0. The molecule has 1 aromatic heterocycles. The minimum absolute atomic E-state index is 0.133. The van der Waals surface area contributed by atoms with Crippen molar-refractivity contribution in [3.05, 3.63) is 53.5 Å². The maximum atomic E-state index is 12.1. The Bertz CT molecular complexity index is 543. The second-order valence-corrected chi connectivity index (χ2v) is 7.50. The molecule has 0 aliphatic rings. The Hall–Kier alpha value is 0.0300. The van der Waals surface area contributed by atoms with Gasteiger partial charge in [-0.25, -0.2) is 0 Å². The van der Waals surface area contributed by atoms with Gasteiger partial charge in [0.2, 0.25) is 0 Å². The molecule has 2 aromatic rings. The number of ketones is 1. The Morgan fingerprint density at radius 1 is 1.12 bits per heavy atom. The first kappa shape index (κ1) is 13.5. The number of halogens is 3. The Balaban J connectivity index is 2.20. The minimum atomic E-state index is 0.133. The van der Waals surface area contributed by atoms with Crippen LogP contribution in [0, 0.1) is 0 Å². The molecule has 0 fully saturated rings. The smallest absolute Gasteiger partial charge is 0.177 e. The van der Waals surface area contributed by atoms with Crippen LogP contribution in [0.25, 0.3) is 0 Å². The molecule has 0 saturated carbocycles. The lowest BCUT2D eigenvalue weighted by atomic mass is 10.1. The van der Waals surface area contributed by atoms with Gasteiger partial charge in [-0.15, -0.1) is 11.3 Å². The molecule has 5 heteroatoms. The number of carbonyl (C=O) groups is 1. The van der Waals surface area contributed by atoms with Gasteiger partial charge in [0.05, 0.1) is 8.66 Å². The first-order valence-electron chi connectivity index (χ1n) is 4.79. The zero-order valence-corrected chi connectivity index (χ0v) is 14.1. The average Bonchev–Trinajstić information content (AvgIpc) is 2.63. The van der Waals surface area contributed by atoms with Gasteiger partial charge < -0.3 is 0 Å². The fourth-order valence-corrected chi connectivity index (χ4v) is 3.78. The van der Waals surface area contributed by atoms with Gasteiger partial charge in [-0.2, -0.15) is 0 Å². The van der Waals surface area contributed by atoms with Gasteiger partial charge >= 0.3 is 0 Å². The number of hydrogen-bond acceptors (Lipinski definition) is 2. The monoisotopic (exact) mass is 436 g/mol. The molecular formula is C12H7Br3OS. The van der Waals surface area contributed by atoms with Crippen molar-refractivity contribution in [3.8, 4) is 0 Å². The summed E-state index contributed by atoms with van der Waals surface area (Å²) < 4.78 is 2.86. The normalized spacial score (nSPS) is 10.5. The van der Waals surface area contributed by atoms with Gasteiger partial charge in [0, 0.05) is 15.4 Å². The maximum absolute atomic E-state index is 12.1. The molecule has 0 amide bonds. The quantitative estimate of drug-likeness (QED) is 0.581. The van der Waals surface area contributed by atoms with Crippen LogP contribution in [-0.2, 0) is 6.42 Å². The highest BCUT2D eigenvalue weighted by Gasteiger charge is 2.13. The third-order valence-corrected chi connectivity index (χ3v) is 6.30. The van der Waals surface area contributed by atoms with E-state index in [1.54, 1.807) is 0 Å². The summed E-state index contributed by atoms with van der Waals surface area (Å²) in [5.41, 5.74) is 1.01. The van der Waals surface area contributed by atoms with E-state index >= 15 is 0 Å². The second kappa shape index (κ2) is 5.78. The van der Waals surface area contributed by atoms with Crippen molar-refractivity contribution in [1.82, 2.24) is 0 Å². The molecule has 0 N–H and O–H groups in total. The van der Waals surface area contributed by atoms with Crippen LogP contribution >= 0.6 is 59.1 Å². The van der Waals surface area contributed by atoms with Crippen molar-refractivity contribution in [3.63, 3.8) is 0 Å². The zero-order valence-electron chi connectivity index (χ0n) is 8.54. The third kappa shape index (κ3) is 3.28. The van der Waals surface area contributed by atoms with E-state index in [1.165, 1.54) is 11.3 Å². The van der Waals surface area contributed by atoms with Crippen LogP contribution in [0.1, 0.15) is 15.2 Å². The second-order valence-electron chi connectivity index (χ2n) is 3.42. The van der Waals surface area contributed by atoms with E-state index in [9.17, 15) is 4.79 Å². The van der Waals surface area contributed by atoms with Crippen molar-refractivity contribution >= 4 is 64.9 Å². The SMILES string of the molecule is O=C(Cc1ccccc1Br)c1cc(Br)c(Br)s1. The maximum Gasteiger partial charge on any atom is 0.177 e. The number of carbonyl (C=O) groups excluding carboxylic acids is 1. The molecule has 88 valence electrons. The minimum Gasteiger partial charge on any atom is -0.293 e. The van der Waals surface area contributed by atoms with E-state index < -0.39 is 0 Å². The van der Waals surface area contributed by atoms with Crippen molar-refractivity contribution in [2.75, 3.05) is 0 Å². The summed E-state index contributed by atoms with van der Waals surface area (Å²) in [4.78, 5) is 12.8. The number of Topliss-reactive ketones (excluding diaryl/α,β-unsaturated/α-hetero) is 1. The topological polar surface area (TPSA) is 17.1 Å². The molecule has 0 aliphatic heterocycles. The number of thiophene rings is 1. The summed E-state index contributed by atoms with van der Waals surface area (Å²) >= 11 is 11.7. The van der Waals surface area contributed by atoms with Crippen LogP contribution in [0.3, 0.4) is 0 Å². The summed E-state index contributed by atoms with van der Waals surface area (Å²) in [6, 6.07) is 9.64. The third-order valence-electron chi connectivity index (χ3n) is 2.23. The molecule has 0 radical (unpaired) electrons. The number of benzene rings is 1. The van der Waals surface area contributed by atoms with E-state index in [-0.39, 0.29) is 5.78 Å². The highest BCUT2D eigenvalue weighted by molar-refractivity contribution is 9.13. The number of hydrogen-bond donors (Lipinski definition) is 0. The lowest BCUT2D eigenvalue weighted by Crippen LogP contribution is -2.01. The molecule has 0 spiro atoms. The van der Waals surface area contributed by atoms with Gasteiger partial charge in [-0.3, -0.25) is 4.79 Å². The largest absolute Gasteiger partial charge is 0.293 e.